The standard InChI is InChI=1S/C25H23ClN6O/c1-16-5-10-24(30-16)31-17-6-8-22-20(12-17)25(29-15-28-22)32-18-7-9-23(21(26)13-18)33-14-19-4-2-3-11-27-19/h2-4,6-13,15-16,30-31H,5,14H2,1H3,(H,28,29,32)/t16-/m0/s1. The summed E-state index contributed by atoms with van der Waals surface area (Å²) >= 11 is 6.47. The van der Waals surface area contributed by atoms with Crippen LogP contribution in [0.5, 0.6) is 5.75 Å². The Morgan fingerprint density at radius 3 is 2.70 bits per heavy atom. The summed E-state index contributed by atoms with van der Waals surface area (Å²) in [5.74, 6) is 2.31. The van der Waals surface area contributed by atoms with Gasteiger partial charge in [-0.05, 0) is 68.0 Å². The summed E-state index contributed by atoms with van der Waals surface area (Å²) in [7, 11) is 0. The van der Waals surface area contributed by atoms with Gasteiger partial charge in [-0.25, -0.2) is 9.97 Å². The lowest BCUT2D eigenvalue weighted by molar-refractivity contribution is 0.301. The van der Waals surface area contributed by atoms with E-state index in [1.165, 1.54) is 0 Å². The summed E-state index contributed by atoms with van der Waals surface area (Å²) in [6.45, 7) is 2.51. The van der Waals surface area contributed by atoms with Gasteiger partial charge in [-0.15, -0.1) is 0 Å². The normalized spacial score (nSPS) is 15.1. The zero-order valence-corrected chi connectivity index (χ0v) is 18.8. The molecule has 8 heteroatoms. The zero-order chi connectivity index (χ0) is 22.6. The molecule has 3 N–H and O–H groups in total. The van der Waals surface area contributed by atoms with Crippen LogP contribution in [0.2, 0.25) is 5.02 Å². The molecule has 166 valence electrons. The highest BCUT2D eigenvalue weighted by Crippen LogP contribution is 2.31. The molecular formula is C25H23ClN6O. The van der Waals surface area contributed by atoms with E-state index in [0.29, 0.717) is 29.2 Å². The molecular weight excluding hydrogens is 436 g/mol. The maximum atomic E-state index is 6.47. The van der Waals surface area contributed by atoms with E-state index < -0.39 is 0 Å². The molecule has 3 heterocycles. The van der Waals surface area contributed by atoms with Crippen molar-refractivity contribution in [3.05, 3.63) is 89.7 Å². The smallest absolute Gasteiger partial charge is 0.141 e. The second-order valence-electron chi connectivity index (χ2n) is 7.86. The van der Waals surface area contributed by atoms with Crippen LogP contribution >= 0.6 is 11.6 Å². The molecule has 0 saturated heterocycles. The monoisotopic (exact) mass is 458 g/mol. The molecule has 0 aliphatic carbocycles. The van der Waals surface area contributed by atoms with Crippen molar-refractivity contribution in [1.29, 1.82) is 0 Å². The van der Waals surface area contributed by atoms with Crippen LogP contribution < -0.4 is 20.7 Å². The second-order valence-corrected chi connectivity index (χ2v) is 8.27. The van der Waals surface area contributed by atoms with Gasteiger partial charge in [0.05, 0.1) is 22.1 Å². The van der Waals surface area contributed by atoms with Crippen molar-refractivity contribution in [3.8, 4) is 5.75 Å². The van der Waals surface area contributed by atoms with E-state index in [2.05, 4.69) is 43.9 Å². The fourth-order valence-electron chi connectivity index (χ4n) is 3.62. The minimum absolute atomic E-state index is 0.351. The van der Waals surface area contributed by atoms with Crippen molar-refractivity contribution >= 4 is 39.7 Å². The quantitative estimate of drug-likeness (QED) is 0.330. The minimum atomic E-state index is 0.351. The molecule has 5 rings (SSSR count). The van der Waals surface area contributed by atoms with E-state index in [4.69, 9.17) is 16.3 Å². The zero-order valence-electron chi connectivity index (χ0n) is 18.0. The highest BCUT2D eigenvalue weighted by molar-refractivity contribution is 6.32. The van der Waals surface area contributed by atoms with Crippen LogP contribution in [0.25, 0.3) is 10.9 Å². The van der Waals surface area contributed by atoms with Gasteiger partial charge in [0.2, 0.25) is 0 Å². The average Bonchev–Trinajstić information content (AvgIpc) is 3.24. The molecule has 0 radical (unpaired) electrons. The van der Waals surface area contributed by atoms with Gasteiger partial charge in [-0.3, -0.25) is 4.98 Å². The van der Waals surface area contributed by atoms with Crippen molar-refractivity contribution in [1.82, 2.24) is 20.3 Å². The molecule has 0 spiro atoms. The fraction of sp³-hybridized carbons (Fsp3) is 0.160. The molecule has 0 amide bonds. The molecule has 2 aromatic carbocycles. The van der Waals surface area contributed by atoms with Crippen molar-refractivity contribution < 1.29 is 4.74 Å². The maximum absolute atomic E-state index is 6.47. The van der Waals surface area contributed by atoms with Crippen LogP contribution in [-0.4, -0.2) is 21.0 Å². The first-order valence-electron chi connectivity index (χ1n) is 10.7. The number of aromatic nitrogens is 3. The van der Waals surface area contributed by atoms with Crippen molar-refractivity contribution in [2.45, 2.75) is 26.0 Å². The Bertz CT molecular complexity index is 1310. The van der Waals surface area contributed by atoms with Crippen LogP contribution in [0, 0.1) is 0 Å². The molecule has 0 unspecified atom stereocenters. The van der Waals surface area contributed by atoms with E-state index in [9.17, 15) is 0 Å². The summed E-state index contributed by atoms with van der Waals surface area (Å²) in [6, 6.07) is 17.7. The minimum Gasteiger partial charge on any atom is -0.486 e. The molecule has 0 fully saturated rings. The molecule has 0 saturated carbocycles. The number of benzene rings is 2. The Labute approximate surface area is 196 Å². The number of nitrogens with one attached hydrogen (secondary N) is 3. The molecule has 0 bridgehead atoms. The number of fused-ring (bicyclic) bond motifs is 1. The van der Waals surface area contributed by atoms with Crippen LogP contribution in [0.15, 0.2) is 79.0 Å². The van der Waals surface area contributed by atoms with Crippen molar-refractivity contribution in [2.24, 2.45) is 0 Å². The van der Waals surface area contributed by atoms with Gasteiger partial charge in [0.25, 0.3) is 0 Å². The lowest BCUT2D eigenvalue weighted by Gasteiger charge is -2.14. The lowest BCUT2D eigenvalue weighted by Crippen LogP contribution is -2.22. The van der Waals surface area contributed by atoms with Crippen LogP contribution in [-0.2, 0) is 6.61 Å². The fourth-order valence-corrected chi connectivity index (χ4v) is 3.86. The second kappa shape index (κ2) is 9.34. The lowest BCUT2D eigenvalue weighted by atomic mass is 10.2. The van der Waals surface area contributed by atoms with E-state index >= 15 is 0 Å². The summed E-state index contributed by atoms with van der Waals surface area (Å²) in [4.78, 5) is 13.1. The van der Waals surface area contributed by atoms with Gasteiger partial charge >= 0.3 is 0 Å². The van der Waals surface area contributed by atoms with Crippen LogP contribution in [0.4, 0.5) is 17.2 Å². The van der Waals surface area contributed by atoms with E-state index in [-0.39, 0.29) is 0 Å². The number of hydrogen-bond acceptors (Lipinski definition) is 7. The Morgan fingerprint density at radius 2 is 1.91 bits per heavy atom. The first kappa shape index (κ1) is 21.0. The Kier molecular flexibility index (Phi) is 5.95. The molecule has 33 heavy (non-hydrogen) atoms. The Hall–Kier alpha value is -3.84. The third-order valence-electron chi connectivity index (χ3n) is 5.29. The number of rotatable bonds is 7. The van der Waals surface area contributed by atoms with E-state index in [0.717, 1.165) is 40.2 Å². The highest BCUT2D eigenvalue weighted by Gasteiger charge is 2.12. The Balaban J connectivity index is 1.33. The first-order valence-corrected chi connectivity index (χ1v) is 11.1. The summed E-state index contributed by atoms with van der Waals surface area (Å²) in [5, 5.41) is 11.6. The summed E-state index contributed by atoms with van der Waals surface area (Å²) in [6.07, 6.45) is 6.46. The average molecular weight is 459 g/mol. The van der Waals surface area contributed by atoms with Crippen LogP contribution in [0.1, 0.15) is 19.0 Å². The molecule has 1 aliphatic heterocycles. The molecule has 4 aromatic rings. The van der Waals surface area contributed by atoms with Gasteiger partial charge in [0.1, 0.15) is 24.5 Å². The number of halogens is 1. The van der Waals surface area contributed by atoms with Gasteiger partial charge in [-0.1, -0.05) is 17.7 Å². The molecule has 1 aliphatic rings. The number of hydrogen-bond donors (Lipinski definition) is 3. The number of pyridine rings is 1. The summed E-state index contributed by atoms with van der Waals surface area (Å²) < 4.78 is 5.82. The number of anilines is 3. The maximum Gasteiger partial charge on any atom is 0.141 e. The molecule has 7 nitrogen and oxygen atoms in total. The summed E-state index contributed by atoms with van der Waals surface area (Å²) in [5.41, 5.74) is 3.45. The van der Waals surface area contributed by atoms with Gasteiger partial charge < -0.3 is 20.7 Å². The third kappa shape index (κ3) is 4.99. The van der Waals surface area contributed by atoms with Crippen molar-refractivity contribution in [3.63, 3.8) is 0 Å². The van der Waals surface area contributed by atoms with Gasteiger partial charge in [-0.2, -0.15) is 0 Å². The predicted molar refractivity (Wildman–Crippen MR) is 132 cm³/mol. The molecule has 2 aromatic heterocycles. The van der Waals surface area contributed by atoms with Gasteiger partial charge in [0, 0.05) is 29.0 Å². The Morgan fingerprint density at radius 1 is 1.03 bits per heavy atom. The molecule has 1 atom stereocenters. The first-order chi connectivity index (χ1) is 16.1. The largest absolute Gasteiger partial charge is 0.486 e. The predicted octanol–water partition coefficient (Wildman–Crippen LogP) is 5.64. The van der Waals surface area contributed by atoms with Crippen molar-refractivity contribution in [2.75, 3.05) is 10.6 Å². The van der Waals surface area contributed by atoms with E-state index in [1.807, 2.05) is 54.6 Å². The topological polar surface area (TPSA) is 84.0 Å². The highest BCUT2D eigenvalue weighted by atomic mass is 35.5. The number of nitrogens with zero attached hydrogens (tertiary/aromatic N) is 3. The number of ether oxygens (including phenoxy) is 1. The van der Waals surface area contributed by atoms with Gasteiger partial charge in [0.15, 0.2) is 0 Å². The van der Waals surface area contributed by atoms with E-state index in [1.54, 1.807) is 12.5 Å². The van der Waals surface area contributed by atoms with Crippen LogP contribution in [0.3, 0.4) is 0 Å². The SMILES string of the molecule is C[C@H]1CC=C(Nc2ccc3ncnc(Nc4ccc(OCc5ccccn5)c(Cl)c4)c3c2)N1. The third-order valence-corrected chi connectivity index (χ3v) is 5.58.